The number of ketones is 1. The van der Waals surface area contributed by atoms with Crippen LogP contribution in [0.15, 0.2) is 60.0 Å². The first-order valence-electron chi connectivity index (χ1n) is 16.3. The largest absolute Gasteiger partial charge is 0.491 e. The number of carbonyl (C=O) groups excluding carboxylic acids is 3. The van der Waals surface area contributed by atoms with Crippen molar-refractivity contribution >= 4 is 47.7 Å². The van der Waals surface area contributed by atoms with Gasteiger partial charge in [-0.05, 0) is 90.4 Å². The second kappa shape index (κ2) is 12.3. The molecule has 3 saturated carbocycles. The summed E-state index contributed by atoms with van der Waals surface area (Å²) in [6.07, 6.45) is 4.07. The van der Waals surface area contributed by atoms with Gasteiger partial charge in [0.05, 0.1) is 18.5 Å². The van der Waals surface area contributed by atoms with Gasteiger partial charge < -0.3 is 24.8 Å². The molecule has 3 aliphatic carbocycles. The van der Waals surface area contributed by atoms with E-state index in [1.807, 2.05) is 25.1 Å². The molecule has 46 heavy (non-hydrogen) atoms. The molecular formula is C36H44BNO7S. The van der Waals surface area contributed by atoms with Gasteiger partial charge in [-0.25, -0.2) is 0 Å². The summed E-state index contributed by atoms with van der Waals surface area (Å²) in [5.41, 5.74) is 0.959. The van der Waals surface area contributed by atoms with Gasteiger partial charge in [-0.3, -0.25) is 14.4 Å². The average molecular weight is 646 g/mol. The number of rotatable bonds is 7. The number of carbonyl (C=O) groups is 3. The molecule has 2 aromatic rings. The third-order valence-electron chi connectivity index (χ3n) is 12.1. The van der Waals surface area contributed by atoms with Crippen molar-refractivity contribution < 1.29 is 33.9 Å². The number of thioether (sulfide) groups is 1. The molecule has 2 bridgehead atoms. The zero-order chi connectivity index (χ0) is 33.0. The molecule has 0 saturated heterocycles. The molecule has 2 aromatic carbocycles. The summed E-state index contributed by atoms with van der Waals surface area (Å²) in [5, 5.41) is 24.5. The van der Waals surface area contributed by atoms with E-state index < -0.39 is 30.2 Å². The van der Waals surface area contributed by atoms with Crippen LogP contribution < -0.4 is 10.8 Å². The van der Waals surface area contributed by atoms with E-state index >= 15 is 0 Å². The van der Waals surface area contributed by atoms with Crippen LogP contribution in [0.2, 0.25) is 0 Å². The molecule has 3 N–H and O–H groups in total. The summed E-state index contributed by atoms with van der Waals surface area (Å²) in [4.78, 5) is 40.8. The van der Waals surface area contributed by atoms with Crippen molar-refractivity contribution in [1.82, 2.24) is 0 Å². The van der Waals surface area contributed by atoms with Crippen LogP contribution in [0.25, 0.3) is 0 Å². The highest BCUT2D eigenvalue weighted by atomic mass is 32.2. The van der Waals surface area contributed by atoms with Gasteiger partial charge >= 0.3 is 13.1 Å². The Kier molecular flexibility index (Phi) is 8.80. The Balaban J connectivity index is 1.14. The Bertz CT molecular complexity index is 1550. The van der Waals surface area contributed by atoms with E-state index in [4.69, 9.17) is 9.39 Å². The standard InChI is InChI=1S/C36H44BNO7S/c1-6-34(4)18-29(35(5)21(2)13-15-36(22(3)32(34)41)16-14-28(39)31(35)36)45-30(40)20-46-26-11-9-25(10-12-26)38-33(42)23-7-8-24-19-44-37(43)27(24)17-23/h6-12,17,21-22,29,31-32,41,43H,1,13-16,18-20H2,2-5H3,(H,38,42)/t21-,22+,29-,31+,32+,34-,35+,36+/m1/s1. The van der Waals surface area contributed by atoms with Crippen molar-refractivity contribution in [2.24, 2.45) is 34.0 Å². The summed E-state index contributed by atoms with van der Waals surface area (Å²) < 4.78 is 11.6. The molecule has 1 heterocycles. The van der Waals surface area contributed by atoms with Crippen LogP contribution in [0.4, 0.5) is 5.69 Å². The van der Waals surface area contributed by atoms with E-state index in [1.54, 1.807) is 30.3 Å². The van der Waals surface area contributed by atoms with Gasteiger partial charge in [-0.1, -0.05) is 39.8 Å². The lowest BCUT2D eigenvalue weighted by atomic mass is 9.44. The van der Waals surface area contributed by atoms with Gasteiger partial charge in [-0.15, -0.1) is 18.3 Å². The summed E-state index contributed by atoms with van der Waals surface area (Å²) in [6, 6.07) is 12.4. The lowest BCUT2D eigenvalue weighted by molar-refractivity contribution is -0.205. The fraction of sp³-hybridized carbons (Fsp3) is 0.528. The molecule has 1 aliphatic heterocycles. The molecule has 3 fully saturated rings. The number of Topliss-reactive ketones (excluding diaryl/α,β-unsaturated/α-hetero) is 1. The van der Waals surface area contributed by atoms with Gasteiger partial charge in [0.15, 0.2) is 0 Å². The number of anilines is 1. The monoisotopic (exact) mass is 645 g/mol. The Morgan fingerprint density at radius 2 is 1.91 bits per heavy atom. The molecular weight excluding hydrogens is 601 g/mol. The highest BCUT2D eigenvalue weighted by Gasteiger charge is 2.68. The van der Waals surface area contributed by atoms with Gasteiger partial charge in [0, 0.05) is 39.3 Å². The maximum absolute atomic E-state index is 13.6. The predicted octanol–water partition coefficient (Wildman–Crippen LogP) is 5.16. The molecule has 0 spiro atoms. The zero-order valence-corrected chi connectivity index (χ0v) is 27.9. The summed E-state index contributed by atoms with van der Waals surface area (Å²) in [6.45, 7) is 12.8. The van der Waals surface area contributed by atoms with Crippen LogP contribution in [-0.4, -0.2) is 52.9 Å². The number of aliphatic hydroxyl groups is 1. The molecule has 10 heteroatoms. The number of fused-ring (bicyclic) bond motifs is 1. The molecule has 6 rings (SSSR count). The van der Waals surface area contributed by atoms with Crippen LogP contribution in [0, 0.1) is 34.0 Å². The maximum atomic E-state index is 13.6. The molecule has 244 valence electrons. The quantitative estimate of drug-likeness (QED) is 0.164. The van der Waals surface area contributed by atoms with Crippen molar-refractivity contribution in [2.75, 3.05) is 11.1 Å². The number of nitrogens with one attached hydrogen (secondary N) is 1. The van der Waals surface area contributed by atoms with Crippen molar-refractivity contribution in [3.63, 3.8) is 0 Å². The average Bonchev–Trinajstić information content (AvgIpc) is 3.60. The van der Waals surface area contributed by atoms with E-state index in [0.717, 1.165) is 29.7 Å². The Hall–Kier alpha value is -2.92. The fourth-order valence-electron chi connectivity index (χ4n) is 9.03. The number of esters is 1. The SMILES string of the molecule is C=C[C@]1(C)C[C@@H](OC(=O)CSc2ccc(NC(=O)c3ccc4c(c3)B(O)OC4)cc2)[C@]2(C)[C@H](C)CC[C@]3(CCC(=O)[C@H]32)[C@@H](C)[C@@H]1O. The van der Waals surface area contributed by atoms with Gasteiger partial charge in [0.25, 0.3) is 5.91 Å². The second-order valence-electron chi connectivity index (χ2n) is 14.4. The fourth-order valence-corrected chi connectivity index (χ4v) is 9.71. The third-order valence-corrected chi connectivity index (χ3v) is 13.1. The first-order chi connectivity index (χ1) is 21.8. The number of hydrogen-bond acceptors (Lipinski definition) is 8. The van der Waals surface area contributed by atoms with Crippen LogP contribution >= 0.6 is 11.8 Å². The number of hydrogen-bond donors (Lipinski definition) is 3. The second-order valence-corrected chi connectivity index (χ2v) is 15.5. The molecule has 0 unspecified atom stereocenters. The minimum Gasteiger partial charge on any atom is -0.461 e. The summed E-state index contributed by atoms with van der Waals surface area (Å²) >= 11 is 1.35. The normalized spacial score (nSPS) is 35.0. The van der Waals surface area contributed by atoms with Crippen molar-refractivity contribution in [3.05, 3.63) is 66.2 Å². The molecule has 0 radical (unpaired) electrons. The molecule has 8 atom stereocenters. The topological polar surface area (TPSA) is 122 Å². The number of aliphatic hydroxyl groups excluding tert-OH is 1. The molecule has 0 aromatic heterocycles. The van der Waals surface area contributed by atoms with E-state index in [1.165, 1.54) is 11.8 Å². The first-order valence-corrected chi connectivity index (χ1v) is 17.3. The smallest absolute Gasteiger partial charge is 0.461 e. The van der Waals surface area contributed by atoms with Crippen molar-refractivity contribution in [2.45, 2.75) is 83.5 Å². The molecule has 1 amide bonds. The van der Waals surface area contributed by atoms with E-state index in [2.05, 4.69) is 32.7 Å². The lowest BCUT2D eigenvalue weighted by Crippen LogP contribution is -2.63. The highest BCUT2D eigenvalue weighted by molar-refractivity contribution is 8.00. The summed E-state index contributed by atoms with van der Waals surface area (Å²) in [7, 11) is -1.02. The van der Waals surface area contributed by atoms with Gasteiger partial charge in [0.1, 0.15) is 11.9 Å². The van der Waals surface area contributed by atoms with Gasteiger partial charge in [-0.2, -0.15) is 0 Å². The van der Waals surface area contributed by atoms with Crippen molar-refractivity contribution in [1.29, 1.82) is 0 Å². The third kappa shape index (κ3) is 5.45. The van der Waals surface area contributed by atoms with Crippen LogP contribution in [0.5, 0.6) is 0 Å². The van der Waals surface area contributed by atoms with Gasteiger partial charge in [0.2, 0.25) is 0 Å². The van der Waals surface area contributed by atoms with E-state index in [0.29, 0.717) is 36.2 Å². The Labute approximate surface area is 275 Å². The molecule has 8 nitrogen and oxygen atoms in total. The van der Waals surface area contributed by atoms with Crippen LogP contribution in [0.1, 0.15) is 75.7 Å². The van der Waals surface area contributed by atoms with E-state index in [-0.39, 0.29) is 46.6 Å². The summed E-state index contributed by atoms with van der Waals surface area (Å²) in [5.74, 6) is -0.500. The predicted molar refractivity (Wildman–Crippen MR) is 179 cm³/mol. The number of benzene rings is 2. The van der Waals surface area contributed by atoms with Crippen molar-refractivity contribution in [3.8, 4) is 0 Å². The first kappa shape index (κ1) is 33.0. The Morgan fingerprint density at radius 1 is 1.17 bits per heavy atom. The lowest BCUT2D eigenvalue weighted by Gasteiger charge is -2.61. The zero-order valence-electron chi connectivity index (χ0n) is 27.1. The van der Waals surface area contributed by atoms with E-state index in [9.17, 15) is 24.5 Å². The van der Waals surface area contributed by atoms with Crippen LogP contribution in [0.3, 0.4) is 0 Å². The van der Waals surface area contributed by atoms with Crippen LogP contribution in [-0.2, 0) is 25.6 Å². The minimum atomic E-state index is -1.02. The number of amides is 1. The molecule has 4 aliphatic rings. The Morgan fingerprint density at radius 3 is 2.63 bits per heavy atom. The minimum absolute atomic E-state index is 0.0744. The maximum Gasteiger partial charge on any atom is 0.491 e. The number of ether oxygens (including phenoxy) is 1. The highest BCUT2D eigenvalue weighted by Crippen LogP contribution is 2.68.